The molecule has 0 aliphatic heterocycles. The van der Waals surface area contributed by atoms with Crippen molar-refractivity contribution < 1.29 is 4.42 Å². The molecule has 3 aromatic carbocycles. The molecule has 7 aromatic rings. The Bertz CT molecular complexity index is 1720. The number of aromatic nitrogens is 3. The Morgan fingerprint density at radius 1 is 0.714 bits per heavy atom. The normalized spacial score (nSPS) is 12.3. The van der Waals surface area contributed by atoms with Crippen molar-refractivity contribution in [3.8, 4) is 0 Å². The number of hydrogen-bond donors (Lipinski definition) is 0. The molecule has 130 valence electrons. The molecule has 0 spiro atoms. The highest BCUT2D eigenvalue weighted by Gasteiger charge is 2.18. The van der Waals surface area contributed by atoms with Crippen LogP contribution in [0.2, 0.25) is 0 Å². The monoisotopic (exact) mass is 359 g/mol. The van der Waals surface area contributed by atoms with Crippen molar-refractivity contribution >= 4 is 60.4 Å². The summed E-state index contributed by atoms with van der Waals surface area (Å²) in [5.74, 6) is 0. The van der Waals surface area contributed by atoms with Crippen LogP contribution in [-0.4, -0.2) is 14.4 Å². The van der Waals surface area contributed by atoms with Crippen LogP contribution in [0.1, 0.15) is 0 Å². The first-order valence-electron chi connectivity index (χ1n) is 9.28. The Morgan fingerprint density at radius 3 is 2.57 bits per heavy atom. The second-order valence-corrected chi connectivity index (χ2v) is 7.09. The molecule has 0 amide bonds. The summed E-state index contributed by atoms with van der Waals surface area (Å²) < 4.78 is 8.40. The van der Waals surface area contributed by atoms with Crippen molar-refractivity contribution in [2.75, 3.05) is 0 Å². The van der Waals surface area contributed by atoms with Gasteiger partial charge in [-0.2, -0.15) is 0 Å². The van der Waals surface area contributed by atoms with E-state index in [-0.39, 0.29) is 0 Å². The zero-order valence-corrected chi connectivity index (χ0v) is 14.8. The van der Waals surface area contributed by atoms with Crippen LogP contribution >= 0.6 is 0 Å². The summed E-state index contributed by atoms with van der Waals surface area (Å²) in [7, 11) is 0. The fraction of sp³-hybridized carbons (Fsp3) is 0. The Hall–Kier alpha value is -3.92. The molecular formula is C24H13N3O. The molecule has 28 heavy (non-hydrogen) atoms. The second kappa shape index (κ2) is 4.87. The molecule has 7 rings (SSSR count). The second-order valence-electron chi connectivity index (χ2n) is 7.09. The van der Waals surface area contributed by atoms with E-state index in [4.69, 9.17) is 9.40 Å². The van der Waals surface area contributed by atoms with Gasteiger partial charge in [0.2, 0.25) is 0 Å². The van der Waals surface area contributed by atoms with Crippen LogP contribution in [0.5, 0.6) is 0 Å². The number of nitrogens with zero attached hydrogens (tertiary/aromatic N) is 3. The summed E-state index contributed by atoms with van der Waals surface area (Å²) in [6, 6.07) is 24.8. The van der Waals surface area contributed by atoms with E-state index in [1.54, 1.807) is 0 Å². The Labute approximate surface area is 158 Å². The van der Waals surface area contributed by atoms with E-state index in [1.807, 2.05) is 30.5 Å². The topological polar surface area (TPSA) is 43.3 Å². The standard InChI is InChI=1S/C24H13N3O/c1-4-10-19-16(6-1)21-20(28-19)12-11-15-14-7-5-13-25-22(14)24-26-17-8-2-3-9-18(17)27(24)23(15)21/h1-13H. The van der Waals surface area contributed by atoms with Crippen LogP contribution in [0.15, 0.2) is 83.4 Å². The Balaban J connectivity index is 1.94. The quantitative estimate of drug-likeness (QED) is 0.308. The molecule has 4 heteroatoms. The van der Waals surface area contributed by atoms with Crippen molar-refractivity contribution in [1.82, 2.24) is 14.4 Å². The van der Waals surface area contributed by atoms with Crippen LogP contribution in [0, 0.1) is 0 Å². The largest absolute Gasteiger partial charge is 0.456 e. The first-order chi connectivity index (χ1) is 13.9. The van der Waals surface area contributed by atoms with Crippen molar-refractivity contribution in [1.29, 1.82) is 0 Å². The number of imidazole rings is 1. The number of para-hydroxylation sites is 3. The van der Waals surface area contributed by atoms with Crippen LogP contribution in [0.25, 0.3) is 60.4 Å². The van der Waals surface area contributed by atoms with E-state index >= 15 is 0 Å². The van der Waals surface area contributed by atoms with Gasteiger partial charge < -0.3 is 4.42 Å². The number of fused-ring (bicyclic) bond motifs is 12. The minimum absolute atomic E-state index is 0.877. The molecule has 0 N–H and O–H groups in total. The molecule has 0 fully saturated rings. The summed E-state index contributed by atoms with van der Waals surface area (Å²) in [5, 5.41) is 4.49. The van der Waals surface area contributed by atoms with Gasteiger partial charge >= 0.3 is 0 Å². The maximum absolute atomic E-state index is 6.16. The lowest BCUT2D eigenvalue weighted by Gasteiger charge is -2.09. The maximum atomic E-state index is 6.16. The fourth-order valence-electron chi connectivity index (χ4n) is 4.46. The SMILES string of the molecule is c1ccc2c(c1)nc1c3ncccc3c3ccc4oc5ccccc5c4c3n21. The number of furan rings is 1. The number of pyridine rings is 2. The fourth-order valence-corrected chi connectivity index (χ4v) is 4.46. The van der Waals surface area contributed by atoms with E-state index in [0.29, 0.717) is 0 Å². The van der Waals surface area contributed by atoms with Crippen molar-refractivity contribution in [2.24, 2.45) is 0 Å². The number of rotatable bonds is 0. The molecular weight excluding hydrogens is 346 g/mol. The van der Waals surface area contributed by atoms with E-state index in [1.165, 1.54) is 0 Å². The van der Waals surface area contributed by atoms with Crippen LogP contribution in [0.4, 0.5) is 0 Å². The molecule has 0 radical (unpaired) electrons. The molecule has 4 aromatic heterocycles. The lowest BCUT2D eigenvalue weighted by atomic mass is 10.0. The van der Waals surface area contributed by atoms with Crippen LogP contribution in [-0.2, 0) is 0 Å². The van der Waals surface area contributed by atoms with Gasteiger partial charge in [0.05, 0.1) is 21.9 Å². The molecule has 0 aliphatic rings. The summed E-state index contributed by atoms with van der Waals surface area (Å²) in [4.78, 5) is 9.61. The summed E-state index contributed by atoms with van der Waals surface area (Å²) in [6.07, 6.45) is 1.83. The highest BCUT2D eigenvalue weighted by Crippen LogP contribution is 2.39. The molecule has 4 nitrogen and oxygen atoms in total. The van der Waals surface area contributed by atoms with Gasteiger partial charge in [-0.15, -0.1) is 0 Å². The van der Waals surface area contributed by atoms with E-state index in [9.17, 15) is 0 Å². The third-order valence-corrected chi connectivity index (χ3v) is 5.61. The van der Waals surface area contributed by atoms with E-state index < -0.39 is 0 Å². The van der Waals surface area contributed by atoms with Gasteiger partial charge in [0.1, 0.15) is 16.7 Å². The zero-order valence-electron chi connectivity index (χ0n) is 14.8. The lowest BCUT2D eigenvalue weighted by Crippen LogP contribution is -1.93. The van der Waals surface area contributed by atoms with Crippen LogP contribution in [0.3, 0.4) is 0 Å². The van der Waals surface area contributed by atoms with Crippen molar-refractivity contribution in [2.45, 2.75) is 0 Å². The molecule has 0 saturated heterocycles. The average molecular weight is 359 g/mol. The Kier molecular flexibility index (Phi) is 2.46. The van der Waals surface area contributed by atoms with Gasteiger partial charge in [-0.25, -0.2) is 4.98 Å². The lowest BCUT2D eigenvalue weighted by molar-refractivity contribution is 0.669. The first-order valence-corrected chi connectivity index (χ1v) is 9.28. The van der Waals surface area contributed by atoms with Crippen LogP contribution < -0.4 is 0 Å². The third kappa shape index (κ3) is 1.61. The summed E-state index contributed by atoms with van der Waals surface area (Å²) >= 11 is 0. The van der Waals surface area contributed by atoms with Gasteiger partial charge in [0.25, 0.3) is 0 Å². The highest BCUT2D eigenvalue weighted by molar-refractivity contribution is 6.24. The first kappa shape index (κ1) is 14.2. The molecule has 0 aliphatic carbocycles. The van der Waals surface area contributed by atoms with Gasteiger partial charge in [0, 0.05) is 22.4 Å². The average Bonchev–Trinajstić information content (AvgIpc) is 3.32. The predicted octanol–water partition coefficient (Wildman–Crippen LogP) is 6.09. The minimum Gasteiger partial charge on any atom is -0.456 e. The third-order valence-electron chi connectivity index (χ3n) is 5.61. The molecule has 0 atom stereocenters. The minimum atomic E-state index is 0.877. The van der Waals surface area contributed by atoms with Crippen molar-refractivity contribution in [3.63, 3.8) is 0 Å². The molecule has 0 bridgehead atoms. The van der Waals surface area contributed by atoms with Gasteiger partial charge in [-0.1, -0.05) is 36.4 Å². The zero-order chi connectivity index (χ0) is 18.2. The highest BCUT2D eigenvalue weighted by atomic mass is 16.3. The van der Waals surface area contributed by atoms with E-state index in [2.05, 4.69) is 57.9 Å². The van der Waals surface area contributed by atoms with Crippen molar-refractivity contribution in [3.05, 3.63) is 79.0 Å². The Morgan fingerprint density at radius 2 is 1.57 bits per heavy atom. The number of hydrogen-bond acceptors (Lipinski definition) is 3. The van der Waals surface area contributed by atoms with Gasteiger partial charge in [-0.3, -0.25) is 9.38 Å². The number of benzene rings is 3. The van der Waals surface area contributed by atoms with Gasteiger partial charge in [-0.05, 0) is 36.4 Å². The smallest absolute Gasteiger partial charge is 0.165 e. The summed E-state index contributed by atoms with van der Waals surface area (Å²) in [5.41, 5.74) is 6.73. The molecule has 0 saturated carbocycles. The summed E-state index contributed by atoms with van der Waals surface area (Å²) in [6.45, 7) is 0. The molecule has 4 heterocycles. The van der Waals surface area contributed by atoms with Gasteiger partial charge in [0.15, 0.2) is 5.65 Å². The van der Waals surface area contributed by atoms with E-state index in [0.717, 1.165) is 60.4 Å². The molecule has 0 unspecified atom stereocenters. The maximum Gasteiger partial charge on any atom is 0.165 e. The predicted molar refractivity (Wildman–Crippen MR) is 113 cm³/mol.